The van der Waals surface area contributed by atoms with Gasteiger partial charge in [-0.3, -0.25) is 0 Å². The molecule has 3 amide bonds. The molecular formula is C20H29N3O5. The first-order valence-corrected chi connectivity index (χ1v) is 9.75. The number of amides is 3. The van der Waals surface area contributed by atoms with Gasteiger partial charge in [0.05, 0.1) is 0 Å². The van der Waals surface area contributed by atoms with Gasteiger partial charge in [-0.25, -0.2) is 9.59 Å². The lowest BCUT2D eigenvalue weighted by molar-refractivity contribution is 0.0245. The molecule has 1 aromatic carbocycles. The minimum absolute atomic E-state index is 0.132. The van der Waals surface area contributed by atoms with E-state index >= 15 is 0 Å². The van der Waals surface area contributed by atoms with Crippen molar-refractivity contribution in [2.45, 2.75) is 51.7 Å². The summed E-state index contributed by atoms with van der Waals surface area (Å²) in [4.78, 5) is 26.5. The van der Waals surface area contributed by atoms with E-state index in [1.807, 2.05) is 20.8 Å². The van der Waals surface area contributed by atoms with E-state index in [4.69, 9.17) is 14.2 Å². The highest BCUT2D eigenvalue weighted by Crippen LogP contribution is 2.32. The largest absolute Gasteiger partial charge is 0.486 e. The predicted octanol–water partition coefficient (Wildman–Crippen LogP) is 3.37. The van der Waals surface area contributed by atoms with Crippen molar-refractivity contribution in [2.24, 2.45) is 0 Å². The van der Waals surface area contributed by atoms with Gasteiger partial charge in [0.1, 0.15) is 18.8 Å². The van der Waals surface area contributed by atoms with Crippen LogP contribution in [0.3, 0.4) is 0 Å². The number of benzene rings is 1. The maximum absolute atomic E-state index is 12.4. The molecule has 0 aliphatic carbocycles. The fourth-order valence-electron chi connectivity index (χ4n) is 3.23. The Hall–Kier alpha value is -2.64. The van der Waals surface area contributed by atoms with Gasteiger partial charge in [-0.05, 0) is 52.2 Å². The highest BCUT2D eigenvalue weighted by molar-refractivity contribution is 5.90. The summed E-state index contributed by atoms with van der Waals surface area (Å²) in [5.41, 5.74) is 0.0847. The lowest BCUT2D eigenvalue weighted by Gasteiger charge is -2.28. The SMILES string of the molecule is CC(C)(C)OC(=O)N1CCCCC(NC(=O)Nc2ccc3c(c2)OCCO3)C1. The van der Waals surface area contributed by atoms with Gasteiger partial charge in [0.2, 0.25) is 0 Å². The quantitative estimate of drug-likeness (QED) is 0.807. The van der Waals surface area contributed by atoms with Crippen molar-refractivity contribution in [1.29, 1.82) is 0 Å². The third kappa shape index (κ3) is 5.68. The Labute approximate surface area is 165 Å². The number of hydrogen-bond acceptors (Lipinski definition) is 5. The lowest BCUT2D eigenvalue weighted by Crippen LogP contribution is -2.47. The number of ether oxygens (including phenoxy) is 3. The molecule has 0 bridgehead atoms. The molecule has 2 aliphatic rings. The summed E-state index contributed by atoms with van der Waals surface area (Å²) in [6.45, 7) is 7.62. The maximum Gasteiger partial charge on any atom is 0.410 e. The number of carbonyl (C=O) groups excluding carboxylic acids is 2. The fraction of sp³-hybridized carbons (Fsp3) is 0.600. The Balaban J connectivity index is 1.56. The zero-order chi connectivity index (χ0) is 20.1. The van der Waals surface area contributed by atoms with Gasteiger partial charge in [0.25, 0.3) is 0 Å². The monoisotopic (exact) mass is 391 g/mol. The zero-order valence-electron chi connectivity index (χ0n) is 16.7. The fourth-order valence-corrected chi connectivity index (χ4v) is 3.23. The third-order valence-electron chi connectivity index (χ3n) is 4.46. The second-order valence-electron chi connectivity index (χ2n) is 8.08. The van der Waals surface area contributed by atoms with Crippen LogP contribution in [0.15, 0.2) is 18.2 Å². The van der Waals surface area contributed by atoms with Gasteiger partial charge >= 0.3 is 12.1 Å². The Morgan fingerprint density at radius 1 is 1.14 bits per heavy atom. The smallest absolute Gasteiger partial charge is 0.410 e. The minimum Gasteiger partial charge on any atom is -0.486 e. The average molecular weight is 391 g/mol. The highest BCUT2D eigenvalue weighted by Gasteiger charge is 2.27. The van der Waals surface area contributed by atoms with Crippen LogP contribution in [0.4, 0.5) is 15.3 Å². The van der Waals surface area contributed by atoms with Crippen LogP contribution in [-0.4, -0.2) is 55.0 Å². The molecule has 28 heavy (non-hydrogen) atoms. The number of nitrogens with one attached hydrogen (secondary N) is 2. The first-order valence-electron chi connectivity index (χ1n) is 9.75. The van der Waals surface area contributed by atoms with Crippen LogP contribution in [0, 0.1) is 0 Å². The summed E-state index contributed by atoms with van der Waals surface area (Å²) >= 11 is 0. The van der Waals surface area contributed by atoms with Crippen molar-refractivity contribution in [3.8, 4) is 11.5 Å². The van der Waals surface area contributed by atoms with E-state index in [0.29, 0.717) is 43.5 Å². The van der Waals surface area contributed by atoms with Crippen LogP contribution in [0.2, 0.25) is 0 Å². The maximum atomic E-state index is 12.4. The van der Waals surface area contributed by atoms with Crippen LogP contribution < -0.4 is 20.1 Å². The summed E-state index contributed by atoms with van der Waals surface area (Å²) < 4.78 is 16.5. The van der Waals surface area contributed by atoms with Crippen molar-refractivity contribution in [3.05, 3.63) is 18.2 Å². The molecule has 8 nitrogen and oxygen atoms in total. The van der Waals surface area contributed by atoms with E-state index in [0.717, 1.165) is 19.3 Å². The van der Waals surface area contributed by atoms with Crippen LogP contribution >= 0.6 is 0 Å². The molecule has 0 radical (unpaired) electrons. The highest BCUT2D eigenvalue weighted by atomic mass is 16.6. The second kappa shape index (κ2) is 8.58. The molecule has 2 N–H and O–H groups in total. The Bertz CT molecular complexity index is 716. The van der Waals surface area contributed by atoms with Crippen molar-refractivity contribution < 1.29 is 23.8 Å². The molecular weight excluding hydrogens is 362 g/mol. The van der Waals surface area contributed by atoms with Crippen molar-refractivity contribution in [1.82, 2.24) is 10.2 Å². The third-order valence-corrected chi connectivity index (χ3v) is 4.46. The van der Waals surface area contributed by atoms with Gasteiger partial charge in [0.15, 0.2) is 11.5 Å². The summed E-state index contributed by atoms with van der Waals surface area (Å²) in [7, 11) is 0. The summed E-state index contributed by atoms with van der Waals surface area (Å²) in [6.07, 6.45) is 2.30. The molecule has 154 valence electrons. The Morgan fingerprint density at radius 3 is 2.64 bits per heavy atom. The van der Waals surface area contributed by atoms with Crippen LogP contribution in [-0.2, 0) is 4.74 Å². The molecule has 0 aromatic heterocycles. The topological polar surface area (TPSA) is 89.1 Å². The van der Waals surface area contributed by atoms with Gasteiger partial charge < -0.3 is 29.7 Å². The minimum atomic E-state index is -0.540. The van der Waals surface area contributed by atoms with Crippen molar-refractivity contribution >= 4 is 17.8 Å². The molecule has 0 saturated carbocycles. The summed E-state index contributed by atoms with van der Waals surface area (Å²) in [5, 5.41) is 5.79. The number of anilines is 1. The van der Waals surface area contributed by atoms with E-state index in [2.05, 4.69) is 10.6 Å². The molecule has 2 heterocycles. The van der Waals surface area contributed by atoms with E-state index in [9.17, 15) is 9.59 Å². The summed E-state index contributed by atoms with van der Waals surface area (Å²) in [6, 6.07) is 4.85. The number of carbonyl (C=O) groups is 2. The number of rotatable bonds is 2. The van der Waals surface area contributed by atoms with Crippen LogP contribution in [0.1, 0.15) is 40.0 Å². The van der Waals surface area contributed by atoms with Crippen LogP contribution in [0.25, 0.3) is 0 Å². The normalized spacial score (nSPS) is 19.4. The second-order valence-corrected chi connectivity index (χ2v) is 8.08. The van der Waals surface area contributed by atoms with E-state index in [1.54, 1.807) is 23.1 Å². The first kappa shape index (κ1) is 20.1. The van der Waals surface area contributed by atoms with Crippen molar-refractivity contribution in [3.63, 3.8) is 0 Å². The molecule has 8 heteroatoms. The van der Waals surface area contributed by atoms with Gasteiger partial charge in [-0.2, -0.15) is 0 Å². The summed E-state index contributed by atoms with van der Waals surface area (Å²) in [5.74, 6) is 1.29. The Kier molecular flexibility index (Phi) is 6.16. The number of fused-ring (bicyclic) bond motifs is 1. The lowest BCUT2D eigenvalue weighted by atomic mass is 10.1. The van der Waals surface area contributed by atoms with E-state index < -0.39 is 5.60 Å². The first-order chi connectivity index (χ1) is 13.3. The molecule has 0 spiro atoms. The number of hydrogen-bond donors (Lipinski definition) is 2. The number of likely N-dealkylation sites (tertiary alicyclic amines) is 1. The van der Waals surface area contributed by atoms with E-state index in [-0.39, 0.29) is 18.2 Å². The molecule has 1 fully saturated rings. The van der Waals surface area contributed by atoms with Gasteiger partial charge in [0, 0.05) is 30.9 Å². The molecule has 1 aromatic rings. The predicted molar refractivity (Wildman–Crippen MR) is 105 cm³/mol. The van der Waals surface area contributed by atoms with Crippen molar-refractivity contribution in [2.75, 3.05) is 31.6 Å². The van der Waals surface area contributed by atoms with Crippen LogP contribution in [0.5, 0.6) is 11.5 Å². The molecule has 1 saturated heterocycles. The Morgan fingerprint density at radius 2 is 1.89 bits per heavy atom. The standard InChI is InChI=1S/C20H29N3O5/c1-20(2,3)28-19(25)23-9-5-4-6-15(13-23)22-18(24)21-14-7-8-16-17(12-14)27-11-10-26-16/h7-8,12,15H,4-6,9-11,13H2,1-3H3,(H2,21,22,24). The average Bonchev–Trinajstić information content (AvgIpc) is 2.86. The molecule has 3 rings (SSSR count). The number of urea groups is 1. The van der Waals surface area contributed by atoms with E-state index in [1.165, 1.54) is 0 Å². The zero-order valence-corrected chi connectivity index (χ0v) is 16.7. The molecule has 1 atom stereocenters. The van der Waals surface area contributed by atoms with Gasteiger partial charge in [-0.1, -0.05) is 0 Å². The number of nitrogens with zero attached hydrogens (tertiary/aromatic N) is 1. The van der Waals surface area contributed by atoms with Gasteiger partial charge in [-0.15, -0.1) is 0 Å². The molecule has 1 unspecified atom stereocenters. The molecule has 2 aliphatic heterocycles.